The van der Waals surface area contributed by atoms with Gasteiger partial charge in [0.1, 0.15) is 0 Å². The second kappa shape index (κ2) is 8.06. The topological polar surface area (TPSA) is 24.5 Å². The summed E-state index contributed by atoms with van der Waals surface area (Å²) in [6, 6.07) is 1.36. The highest BCUT2D eigenvalue weighted by Gasteiger charge is 2.23. The normalized spacial score (nSPS) is 21.9. The summed E-state index contributed by atoms with van der Waals surface area (Å²) >= 11 is 0. The molecule has 1 N–H and O–H groups in total. The molecule has 1 saturated heterocycles. The summed E-state index contributed by atoms with van der Waals surface area (Å²) in [4.78, 5) is 2.54. The van der Waals surface area contributed by atoms with Crippen LogP contribution in [0.2, 0.25) is 0 Å². The summed E-state index contributed by atoms with van der Waals surface area (Å²) in [6.45, 7) is 14.2. The van der Waals surface area contributed by atoms with E-state index >= 15 is 0 Å². The van der Waals surface area contributed by atoms with E-state index in [1.807, 2.05) is 0 Å². The van der Waals surface area contributed by atoms with Gasteiger partial charge in [-0.25, -0.2) is 0 Å². The van der Waals surface area contributed by atoms with Gasteiger partial charge < -0.3 is 10.1 Å². The van der Waals surface area contributed by atoms with Crippen LogP contribution < -0.4 is 5.32 Å². The van der Waals surface area contributed by atoms with Gasteiger partial charge in [-0.05, 0) is 39.2 Å². The molecule has 1 aliphatic heterocycles. The largest absolute Gasteiger partial charge is 0.380 e. The Balaban J connectivity index is 1.94. The molecule has 0 aromatic carbocycles. The van der Waals surface area contributed by atoms with Crippen LogP contribution in [0.4, 0.5) is 0 Å². The first-order valence-electron chi connectivity index (χ1n) is 7.14. The Morgan fingerprint density at radius 3 is 2.59 bits per heavy atom. The summed E-state index contributed by atoms with van der Waals surface area (Å²) in [5, 5.41) is 3.59. The molecule has 0 bridgehead atoms. The number of likely N-dealkylation sites (tertiary alicyclic amines) is 1. The minimum absolute atomic E-state index is 0.672. The number of ether oxygens (including phenoxy) is 1. The quantitative estimate of drug-likeness (QED) is 0.660. The summed E-state index contributed by atoms with van der Waals surface area (Å²) in [5.74, 6) is 0.748. The second-order valence-corrected chi connectivity index (χ2v) is 5.82. The zero-order chi connectivity index (χ0) is 12.7. The van der Waals surface area contributed by atoms with Gasteiger partial charge in [-0.15, -0.1) is 0 Å². The molecule has 1 atom stereocenters. The van der Waals surface area contributed by atoms with Gasteiger partial charge in [0.25, 0.3) is 0 Å². The first-order valence-corrected chi connectivity index (χ1v) is 7.14. The molecule has 1 aliphatic rings. The van der Waals surface area contributed by atoms with E-state index in [4.69, 9.17) is 4.74 Å². The van der Waals surface area contributed by atoms with Crippen molar-refractivity contribution in [1.82, 2.24) is 10.2 Å². The second-order valence-electron chi connectivity index (χ2n) is 5.82. The van der Waals surface area contributed by atoms with Crippen molar-refractivity contribution in [3.8, 4) is 0 Å². The predicted octanol–water partition coefficient (Wildman–Crippen LogP) is 2.12. The van der Waals surface area contributed by atoms with Crippen molar-refractivity contribution >= 4 is 0 Å². The Morgan fingerprint density at radius 2 is 2.00 bits per heavy atom. The fourth-order valence-corrected chi connectivity index (χ4v) is 2.18. The lowest BCUT2D eigenvalue weighted by molar-refractivity contribution is 0.123. The lowest BCUT2D eigenvalue weighted by Gasteiger charge is -2.20. The highest BCUT2D eigenvalue weighted by atomic mass is 16.5. The van der Waals surface area contributed by atoms with Crippen LogP contribution in [0.15, 0.2) is 0 Å². The molecule has 0 spiro atoms. The number of hydrogen-bond donors (Lipinski definition) is 1. The van der Waals surface area contributed by atoms with Gasteiger partial charge in [0, 0.05) is 31.8 Å². The van der Waals surface area contributed by atoms with Gasteiger partial charge in [0.05, 0.1) is 6.61 Å². The maximum atomic E-state index is 5.60. The van der Waals surface area contributed by atoms with Crippen LogP contribution in [0.3, 0.4) is 0 Å². The van der Waals surface area contributed by atoms with Gasteiger partial charge in [0.15, 0.2) is 0 Å². The summed E-state index contributed by atoms with van der Waals surface area (Å²) in [5.41, 5.74) is 0. The predicted molar refractivity (Wildman–Crippen MR) is 73.4 cm³/mol. The van der Waals surface area contributed by atoms with Gasteiger partial charge in [-0.3, -0.25) is 4.90 Å². The Kier molecular flexibility index (Phi) is 7.09. The minimum Gasteiger partial charge on any atom is -0.380 e. The Hall–Kier alpha value is -0.120. The van der Waals surface area contributed by atoms with E-state index in [1.165, 1.54) is 25.9 Å². The standard InChI is InChI=1S/C14H30N2O/c1-12(2)6-9-17-10-7-15-14-5-8-16(11-14)13(3)4/h12-15H,5-11H2,1-4H3. The lowest BCUT2D eigenvalue weighted by Crippen LogP contribution is -2.36. The monoisotopic (exact) mass is 242 g/mol. The van der Waals surface area contributed by atoms with Crippen molar-refractivity contribution in [3.63, 3.8) is 0 Å². The van der Waals surface area contributed by atoms with Crippen LogP contribution in [0.1, 0.15) is 40.5 Å². The molecule has 0 amide bonds. The molecular weight excluding hydrogens is 212 g/mol. The molecule has 0 aromatic heterocycles. The van der Waals surface area contributed by atoms with Crippen molar-refractivity contribution in [2.75, 3.05) is 32.8 Å². The van der Waals surface area contributed by atoms with Gasteiger partial charge >= 0.3 is 0 Å². The van der Waals surface area contributed by atoms with E-state index in [0.717, 1.165) is 25.7 Å². The van der Waals surface area contributed by atoms with Gasteiger partial charge in [-0.1, -0.05) is 13.8 Å². The molecule has 17 heavy (non-hydrogen) atoms. The third-order valence-corrected chi connectivity index (χ3v) is 3.47. The van der Waals surface area contributed by atoms with E-state index in [9.17, 15) is 0 Å². The van der Waals surface area contributed by atoms with Crippen LogP contribution in [0.5, 0.6) is 0 Å². The Labute approximate surface area is 107 Å². The number of nitrogens with one attached hydrogen (secondary N) is 1. The van der Waals surface area contributed by atoms with E-state index < -0.39 is 0 Å². The Bertz CT molecular complexity index is 195. The van der Waals surface area contributed by atoms with Crippen LogP contribution in [-0.4, -0.2) is 49.8 Å². The van der Waals surface area contributed by atoms with E-state index in [2.05, 4.69) is 37.9 Å². The van der Waals surface area contributed by atoms with Crippen LogP contribution in [0, 0.1) is 5.92 Å². The SMILES string of the molecule is CC(C)CCOCCNC1CCN(C(C)C)C1. The average molecular weight is 242 g/mol. The maximum absolute atomic E-state index is 5.60. The van der Waals surface area contributed by atoms with Crippen molar-refractivity contribution in [2.45, 2.75) is 52.6 Å². The molecule has 3 nitrogen and oxygen atoms in total. The van der Waals surface area contributed by atoms with Crippen LogP contribution in [-0.2, 0) is 4.74 Å². The van der Waals surface area contributed by atoms with Gasteiger partial charge in [0.2, 0.25) is 0 Å². The highest BCUT2D eigenvalue weighted by Crippen LogP contribution is 2.11. The molecule has 0 saturated carbocycles. The number of hydrogen-bond acceptors (Lipinski definition) is 3. The zero-order valence-corrected chi connectivity index (χ0v) is 12.0. The molecule has 1 heterocycles. The molecule has 1 rings (SSSR count). The first kappa shape index (κ1) is 14.9. The van der Waals surface area contributed by atoms with E-state index in [-0.39, 0.29) is 0 Å². The zero-order valence-electron chi connectivity index (χ0n) is 12.0. The first-order chi connectivity index (χ1) is 8.09. The van der Waals surface area contributed by atoms with Crippen LogP contribution >= 0.6 is 0 Å². The molecular formula is C14H30N2O. The lowest BCUT2D eigenvalue weighted by atomic mass is 10.1. The van der Waals surface area contributed by atoms with Crippen LogP contribution in [0.25, 0.3) is 0 Å². The smallest absolute Gasteiger partial charge is 0.0591 e. The van der Waals surface area contributed by atoms with Crippen molar-refractivity contribution in [1.29, 1.82) is 0 Å². The number of rotatable bonds is 8. The summed E-state index contributed by atoms with van der Waals surface area (Å²) in [7, 11) is 0. The number of nitrogens with zero attached hydrogens (tertiary/aromatic N) is 1. The molecule has 3 heteroatoms. The third kappa shape index (κ3) is 6.39. The van der Waals surface area contributed by atoms with E-state index in [0.29, 0.717) is 12.1 Å². The van der Waals surface area contributed by atoms with Crippen molar-refractivity contribution < 1.29 is 4.74 Å². The van der Waals surface area contributed by atoms with Crippen molar-refractivity contribution in [3.05, 3.63) is 0 Å². The molecule has 1 fully saturated rings. The molecule has 0 aliphatic carbocycles. The Morgan fingerprint density at radius 1 is 1.24 bits per heavy atom. The molecule has 0 radical (unpaired) electrons. The van der Waals surface area contributed by atoms with Gasteiger partial charge in [-0.2, -0.15) is 0 Å². The van der Waals surface area contributed by atoms with E-state index in [1.54, 1.807) is 0 Å². The van der Waals surface area contributed by atoms with Crippen molar-refractivity contribution in [2.24, 2.45) is 5.92 Å². The average Bonchev–Trinajstić information content (AvgIpc) is 2.71. The summed E-state index contributed by atoms with van der Waals surface area (Å²) in [6.07, 6.45) is 2.45. The molecule has 0 aromatic rings. The minimum atomic E-state index is 0.672. The maximum Gasteiger partial charge on any atom is 0.0591 e. The fourth-order valence-electron chi connectivity index (χ4n) is 2.18. The third-order valence-electron chi connectivity index (χ3n) is 3.47. The molecule has 1 unspecified atom stereocenters. The molecule has 102 valence electrons. The summed E-state index contributed by atoms with van der Waals surface area (Å²) < 4.78 is 5.60. The highest BCUT2D eigenvalue weighted by molar-refractivity contribution is 4.82. The fraction of sp³-hybridized carbons (Fsp3) is 1.00.